The van der Waals surface area contributed by atoms with Crippen molar-refractivity contribution >= 4 is 23.2 Å². The average Bonchev–Trinajstić information content (AvgIpc) is 3.10. The van der Waals surface area contributed by atoms with Crippen molar-refractivity contribution in [3.8, 4) is 5.75 Å². The maximum Gasteiger partial charge on any atom is 0.387 e. The fraction of sp³-hybridized carbons (Fsp3) is 0.111. The Morgan fingerprint density at radius 3 is 2.65 bits per heavy atom. The molecule has 1 unspecified atom stereocenters. The smallest absolute Gasteiger partial charge is 0.387 e. The summed E-state index contributed by atoms with van der Waals surface area (Å²) in [5.74, 6) is 0.596. The minimum absolute atomic E-state index is 0.0871. The normalized spacial score (nSPS) is 16.0. The van der Waals surface area contributed by atoms with Crippen LogP contribution >= 0.6 is 11.6 Å². The number of alkyl halides is 2. The molecule has 0 amide bonds. The van der Waals surface area contributed by atoms with E-state index in [-0.39, 0.29) is 11.8 Å². The Morgan fingerprint density at radius 2 is 1.88 bits per heavy atom. The molecule has 0 saturated heterocycles. The first kappa shape index (κ1) is 16.5. The molecule has 0 spiro atoms. The van der Waals surface area contributed by atoms with Gasteiger partial charge in [-0.3, -0.25) is 0 Å². The van der Waals surface area contributed by atoms with E-state index in [1.807, 2.05) is 18.2 Å². The van der Waals surface area contributed by atoms with Crippen molar-refractivity contribution in [1.82, 2.24) is 14.8 Å². The van der Waals surface area contributed by atoms with Crippen LogP contribution < -0.4 is 10.1 Å². The van der Waals surface area contributed by atoms with Gasteiger partial charge in [0.15, 0.2) is 0 Å². The van der Waals surface area contributed by atoms with E-state index < -0.39 is 6.61 Å². The lowest BCUT2D eigenvalue weighted by Gasteiger charge is -2.25. The molecule has 1 aliphatic heterocycles. The molecule has 0 bridgehead atoms. The predicted molar refractivity (Wildman–Crippen MR) is 94.3 cm³/mol. The Kier molecular flexibility index (Phi) is 4.30. The van der Waals surface area contributed by atoms with E-state index in [1.165, 1.54) is 12.4 Å². The summed E-state index contributed by atoms with van der Waals surface area (Å²) in [6.07, 6.45) is 3.32. The van der Waals surface area contributed by atoms with Crippen molar-refractivity contribution in [3.05, 3.63) is 77.1 Å². The molecular weight excluding hydrogens is 362 g/mol. The van der Waals surface area contributed by atoms with Gasteiger partial charge in [-0.25, -0.2) is 4.68 Å². The topological polar surface area (TPSA) is 52.0 Å². The highest BCUT2D eigenvalue weighted by Crippen LogP contribution is 2.35. The predicted octanol–water partition coefficient (Wildman–Crippen LogP) is 4.59. The maximum absolute atomic E-state index is 12.7. The molecule has 132 valence electrons. The number of rotatable bonds is 4. The molecular formula is C18H13ClF2N4O. The zero-order valence-electron chi connectivity index (χ0n) is 13.3. The van der Waals surface area contributed by atoms with Gasteiger partial charge in [0.05, 0.1) is 5.70 Å². The Morgan fingerprint density at radius 1 is 1.12 bits per heavy atom. The Bertz CT molecular complexity index is 956. The fourth-order valence-electron chi connectivity index (χ4n) is 2.88. The number of hydrogen-bond donors (Lipinski definition) is 1. The van der Waals surface area contributed by atoms with Crippen LogP contribution in [0.25, 0.3) is 5.70 Å². The van der Waals surface area contributed by atoms with E-state index in [0.29, 0.717) is 22.2 Å². The van der Waals surface area contributed by atoms with E-state index in [0.717, 1.165) is 5.56 Å². The zero-order valence-corrected chi connectivity index (χ0v) is 14.1. The first-order valence-electron chi connectivity index (χ1n) is 7.80. The van der Waals surface area contributed by atoms with Gasteiger partial charge < -0.3 is 10.1 Å². The summed E-state index contributed by atoms with van der Waals surface area (Å²) in [5, 5.41) is 7.99. The number of anilines is 1. The number of hydrogen-bond acceptors (Lipinski definition) is 4. The van der Waals surface area contributed by atoms with Gasteiger partial charge in [0.25, 0.3) is 0 Å². The summed E-state index contributed by atoms with van der Waals surface area (Å²) in [6, 6.07) is 13.7. The minimum atomic E-state index is -2.91. The van der Waals surface area contributed by atoms with Gasteiger partial charge in [-0.1, -0.05) is 35.9 Å². The maximum atomic E-state index is 12.7. The molecule has 8 heteroatoms. The Hall–Kier alpha value is -2.93. The van der Waals surface area contributed by atoms with Gasteiger partial charge in [-0.15, -0.1) is 0 Å². The third kappa shape index (κ3) is 3.13. The molecule has 0 saturated carbocycles. The van der Waals surface area contributed by atoms with E-state index in [9.17, 15) is 8.78 Å². The Labute approximate surface area is 152 Å². The van der Waals surface area contributed by atoms with Crippen LogP contribution in [0, 0.1) is 0 Å². The summed E-state index contributed by atoms with van der Waals surface area (Å²) < 4.78 is 31.8. The minimum Gasteiger partial charge on any atom is -0.434 e. The van der Waals surface area contributed by atoms with Crippen LogP contribution in [0.2, 0.25) is 5.02 Å². The molecule has 26 heavy (non-hydrogen) atoms. The van der Waals surface area contributed by atoms with Crippen molar-refractivity contribution in [2.45, 2.75) is 12.7 Å². The van der Waals surface area contributed by atoms with E-state index in [1.54, 1.807) is 35.0 Å². The fourth-order valence-corrected chi connectivity index (χ4v) is 3.00. The number of allylic oxidation sites excluding steroid dienone is 1. The summed E-state index contributed by atoms with van der Waals surface area (Å²) in [5.41, 5.74) is 2.06. The lowest BCUT2D eigenvalue weighted by atomic mass is 10.0. The molecule has 0 aliphatic carbocycles. The number of para-hydroxylation sites is 1. The highest BCUT2D eigenvalue weighted by atomic mass is 35.5. The third-order valence-corrected chi connectivity index (χ3v) is 4.26. The monoisotopic (exact) mass is 374 g/mol. The lowest BCUT2D eigenvalue weighted by Crippen LogP contribution is -2.20. The first-order valence-corrected chi connectivity index (χ1v) is 8.17. The van der Waals surface area contributed by atoms with Crippen LogP contribution in [0.5, 0.6) is 5.75 Å². The van der Waals surface area contributed by atoms with Gasteiger partial charge in [0.2, 0.25) is 5.95 Å². The standard InChI is InChI=1S/C18H13ClF2N4O/c19-12-7-5-11(6-8-12)15-9-14(24-18-22-10-23-25(15)18)13-3-1-2-4-16(13)26-17(20)21/h1-10,15,17H,(H,22,23,24). The third-order valence-electron chi connectivity index (χ3n) is 4.01. The quantitative estimate of drug-likeness (QED) is 0.725. The number of halogens is 3. The second kappa shape index (κ2) is 6.76. The molecule has 1 atom stereocenters. The van der Waals surface area contributed by atoms with Gasteiger partial charge in [0.1, 0.15) is 18.1 Å². The number of aromatic nitrogens is 3. The van der Waals surface area contributed by atoms with Crippen LogP contribution in [0.4, 0.5) is 14.7 Å². The summed E-state index contributed by atoms with van der Waals surface area (Å²) >= 11 is 5.97. The summed E-state index contributed by atoms with van der Waals surface area (Å²) in [4.78, 5) is 4.20. The largest absolute Gasteiger partial charge is 0.434 e. The van der Waals surface area contributed by atoms with Crippen molar-refractivity contribution in [2.75, 3.05) is 5.32 Å². The molecule has 0 fully saturated rings. The number of fused-ring (bicyclic) bond motifs is 1. The van der Waals surface area contributed by atoms with Crippen molar-refractivity contribution in [2.24, 2.45) is 0 Å². The average molecular weight is 375 g/mol. The molecule has 2 heterocycles. The molecule has 5 nitrogen and oxygen atoms in total. The molecule has 4 rings (SSSR count). The van der Waals surface area contributed by atoms with E-state index in [2.05, 4.69) is 20.1 Å². The molecule has 2 aromatic carbocycles. The number of nitrogens with one attached hydrogen (secondary N) is 1. The highest BCUT2D eigenvalue weighted by molar-refractivity contribution is 6.30. The number of nitrogens with zero attached hydrogens (tertiary/aromatic N) is 3. The van der Waals surface area contributed by atoms with E-state index in [4.69, 9.17) is 11.6 Å². The van der Waals surface area contributed by atoms with Crippen LogP contribution in [0.3, 0.4) is 0 Å². The highest BCUT2D eigenvalue weighted by Gasteiger charge is 2.25. The summed E-state index contributed by atoms with van der Waals surface area (Å²) in [7, 11) is 0. The van der Waals surface area contributed by atoms with E-state index >= 15 is 0 Å². The van der Waals surface area contributed by atoms with Crippen molar-refractivity contribution in [3.63, 3.8) is 0 Å². The van der Waals surface area contributed by atoms with Crippen LogP contribution in [0.15, 0.2) is 60.9 Å². The van der Waals surface area contributed by atoms with Gasteiger partial charge in [-0.2, -0.15) is 18.9 Å². The Balaban J connectivity index is 1.79. The molecule has 0 radical (unpaired) electrons. The van der Waals surface area contributed by atoms with Gasteiger partial charge in [0, 0.05) is 10.6 Å². The summed E-state index contributed by atoms with van der Waals surface area (Å²) in [6.45, 7) is -2.91. The first-order chi connectivity index (χ1) is 12.6. The van der Waals surface area contributed by atoms with Gasteiger partial charge in [-0.05, 0) is 35.9 Å². The SMILES string of the molecule is FC(F)Oc1ccccc1C1=CC(c2ccc(Cl)cc2)n2ncnc2N1. The van der Waals surface area contributed by atoms with Crippen molar-refractivity contribution < 1.29 is 13.5 Å². The second-order valence-corrected chi connectivity index (χ2v) is 6.04. The van der Waals surface area contributed by atoms with Crippen LogP contribution in [-0.2, 0) is 0 Å². The lowest BCUT2D eigenvalue weighted by molar-refractivity contribution is -0.0500. The number of benzene rings is 2. The van der Waals surface area contributed by atoms with Crippen molar-refractivity contribution in [1.29, 1.82) is 0 Å². The molecule has 3 aromatic rings. The second-order valence-electron chi connectivity index (χ2n) is 5.60. The number of ether oxygens (including phenoxy) is 1. The molecule has 1 aliphatic rings. The van der Waals surface area contributed by atoms with Crippen LogP contribution in [-0.4, -0.2) is 21.4 Å². The van der Waals surface area contributed by atoms with Crippen LogP contribution in [0.1, 0.15) is 17.2 Å². The zero-order chi connectivity index (χ0) is 18.1. The van der Waals surface area contributed by atoms with Gasteiger partial charge >= 0.3 is 6.61 Å². The molecule has 1 N–H and O–H groups in total. The molecule has 1 aromatic heterocycles.